The Labute approximate surface area is 84.6 Å². The zero-order valence-electron chi connectivity index (χ0n) is 8.79. The van der Waals surface area contributed by atoms with Gasteiger partial charge in [-0.3, -0.25) is 4.79 Å². The summed E-state index contributed by atoms with van der Waals surface area (Å²) in [7, 11) is 1.54. The Hall–Kier alpha value is -0.220. The minimum Gasteiger partial charge on any atom is -0.372 e. The molecule has 1 N–H and O–H groups in total. The van der Waals surface area contributed by atoms with Crippen LogP contribution in [0.15, 0.2) is 0 Å². The minimum atomic E-state index is -0.353. The molecule has 0 spiro atoms. The van der Waals surface area contributed by atoms with Crippen LogP contribution in [0, 0.1) is 0 Å². The van der Waals surface area contributed by atoms with Gasteiger partial charge in [-0.05, 0) is 19.6 Å². The topological polar surface area (TPSA) is 38.3 Å². The first-order chi connectivity index (χ1) is 6.11. The number of nitrogens with one attached hydrogen (secondary N) is 1. The first-order valence-corrected chi connectivity index (χ1v) is 5.68. The lowest BCUT2D eigenvalue weighted by Gasteiger charge is -2.15. The maximum absolute atomic E-state index is 11.3. The van der Waals surface area contributed by atoms with Gasteiger partial charge in [-0.15, -0.1) is 0 Å². The molecule has 3 nitrogen and oxygen atoms in total. The van der Waals surface area contributed by atoms with Crippen molar-refractivity contribution < 1.29 is 9.53 Å². The average Bonchev–Trinajstić information content (AvgIpc) is 2.13. The summed E-state index contributed by atoms with van der Waals surface area (Å²) in [5, 5.41) is 2.88. The molecule has 1 amide bonds. The van der Waals surface area contributed by atoms with Gasteiger partial charge in [0, 0.05) is 18.9 Å². The van der Waals surface area contributed by atoms with Crippen molar-refractivity contribution >= 4 is 17.7 Å². The number of carbonyl (C=O) groups is 1. The average molecular weight is 205 g/mol. The van der Waals surface area contributed by atoms with Gasteiger partial charge in [0.2, 0.25) is 5.91 Å². The molecule has 2 atom stereocenters. The van der Waals surface area contributed by atoms with Gasteiger partial charge in [-0.2, -0.15) is 11.8 Å². The number of rotatable bonds is 6. The lowest BCUT2D eigenvalue weighted by atomic mass is 10.3. The monoisotopic (exact) mass is 205 g/mol. The third kappa shape index (κ3) is 5.93. The fourth-order valence-electron chi connectivity index (χ4n) is 0.804. The summed E-state index contributed by atoms with van der Waals surface area (Å²) in [5.74, 6) is 2.00. The molecule has 0 saturated heterocycles. The summed E-state index contributed by atoms with van der Waals surface area (Å²) in [4.78, 5) is 11.3. The quantitative estimate of drug-likeness (QED) is 0.710. The summed E-state index contributed by atoms with van der Waals surface area (Å²) in [6.07, 6.45) is -0.353. The maximum atomic E-state index is 11.3. The van der Waals surface area contributed by atoms with Gasteiger partial charge in [0.05, 0.1) is 0 Å². The van der Waals surface area contributed by atoms with Crippen molar-refractivity contribution in [1.29, 1.82) is 0 Å². The SMILES string of the molecule is CCSCC(C)NC(=O)C(C)OC. The molecular formula is C9H19NO2S. The summed E-state index contributed by atoms with van der Waals surface area (Å²) >= 11 is 1.82. The van der Waals surface area contributed by atoms with Crippen LogP contribution in [0.2, 0.25) is 0 Å². The second kappa shape index (κ2) is 7.21. The van der Waals surface area contributed by atoms with Gasteiger partial charge >= 0.3 is 0 Å². The zero-order valence-corrected chi connectivity index (χ0v) is 9.61. The van der Waals surface area contributed by atoms with E-state index in [2.05, 4.69) is 12.2 Å². The molecule has 0 heterocycles. The summed E-state index contributed by atoms with van der Waals surface area (Å²) in [6, 6.07) is 0.218. The van der Waals surface area contributed by atoms with Crippen molar-refractivity contribution in [2.24, 2.45) is 0 Å². The summed E-state index contributed by atoms with van der Waals surface area (Å²) < 4.78 is 4.90. The largest absolute Gasteiger partial charge is 0.372 e. The fourth-order valence-corrected chi connectivity index (χ4v) is 1.48. The fraction of sp³-hybridized carbons (Fsp3) is 0.889. The van der Waals surface area contributed by atoms with Crippen molar-refractivity contribution in [2.45, 2.75) is 32.9 Å². The Bertz CT molecular complexity index is 153. The molecule has 0 aromatic heterocycles. The maximum Gasteiger partial charge on any atom is 0.249 e. The van der Waals surface area contributed by atoms with E-state index >= 15 is 0 Å². The van der Waals surface area contributed by atoms with Crippen molar-refractivity contribution in [3.8, 4) is 0 Å². The lowest BCUT2D eigenvalue weighted by molar-refractivity contribution is -0.130. The van der Waals surface area contributed by atoms with Gasteiger partial charge in [-0.1, -0.05) is 6.92 Å². The van der Waals surface area contributed by atoms with Gasteiger partial charge in [0.1, 0.15) is 6.10 Å². The predicted molar refractivity (Wildman–Crippen MR) is 57.1 cm³/mol. The molecule has 0 saturated carbocycles. The molecule has 0 aliphatic heterocycles. The number of amides is 1. The Morgan fingerprint density at radius 3 is 2.62 bits per heavy atom. The lowest BCUT2D eigenvalue weighted by Crippen LogP contribution is -2.40. The number of carbonyl (C=O) groups excluding carboxylic acids is 1. The van der Waals surface area contributed by atoms with Crippen LogP contribution in [0.4, 0.5) is 0 Å². The van der Waals surface area contributed by atoms with E-state index in [0.717, 1.165) is 11.5 Å². The minimum absolute atomic E-state index is 0.0355. The van der Waals surface area contributed by atoms with Crippen molar-refractivity contribution in [2.75, 3.05) is 18.6 Å². The van der Waals surface area contributed by atoms with Crippen LogP contribution in [0.25, 0.3) is 0 Å². The van der Waals surface area contributed by atoms with Gasteiger partial charge in [-0.25, -0.2) is 0 Å². The number of methoxy groups -OCH3 is 1. The van der Waals surface area contributed by atoms with Gasteiger partial charge in [0.25, 0.3) is 0 Å². The summed E-state index contributed by atoms with van der Waals surface area (Å²) in [6.45, 7) is 5.86. The smallest absolute Gasteiger partial charge is 0.249 e. The Morgan fingerprint density at radius 1 is 1.54 bits per heavy atom. The van der Waals surface area contributed by atoms with E-state index in [4.69, 9.17) is 4.74 Å². The first kappa shape index (κ1) is 12.8. The van der Waals surface area contributed by atoms with Gasteiger partial charge < -0.3 is 10.1 Å². The van der Waals surface area contributed by atoms with Gasteiger partial charge in [0.15, 0.2) is 0 Å². The van der Waals surface area contributed by atoms with Crippen LogP contribution in [-0.2, 0) is 9.53 Å². The highest BCUT2D eigenvalue weighted by molar-refractivity contribution is 7.99. The van der Waals surface area contributed by atoms with E-state index in [9.17, 15) is 4.79 Å². The Morgan fingerprint density at radius 2 is 2.15 bits per heavy atom. The molecule has 13 heavy (non-hydrogen) atoms. The van der Waals surface area contributed by atoms with E-state index in [1.165, 1.54) is 7.11 Å². The molecule has 0 rings (SSSR count). The van der Waals surface area contributed by atoms with Crippen molar-refractivity contribution in [3.63, 3.8) is 0 Å². The molecule has 4 heteroatoms. The van der Waals surface area contributed by atoms with Crippen LogP contribution < -0.4 is 5.32 Å². The van der Waals surface area contributed by atoms with E-state index < -0.39 is 0 Å². The Kier molecular flexibility index (Phi) is 7.09. The van der Waals surface area contributed by atoms with Crippen molar-refractivity contribution in [3.05, 3.63) is 0 Å². The van der Waals surface area contributed by atoms with Crippen LogP contribution in [0.1, 0.15) is 20.8 Å². The molecule has 0 bridgehead atoms. The summed E-state index contributed by atoms with van der Waals surface area (Å²) in [5.41, 5.74) is 0. The molecule has 0 fully saturated rings. The second-order valence-electron chi connectivity index (χ2n) is 2.95. The molecular weight excluding hydrogens is 186 g/mol. The predicted octanol–water partition coefficient (Wildman–Crippen LogP) is 1.28. The molecule has 0 aliphatic rings. The zero-order chi connectivity index (χ0) is 10.3. The third-order valence-corrected chi connectivity index (χ3v) is 2.83. The normalized spacial score (nSPS) is 15.1. The molecule has 0 aliphatic carbocycles. The van der Waals surface area contributed by atoms with E-state index in [1.807, 2.05) is 18.7 Å². The number of hydrogen-bond donors (Lipinski definition) is 1. The van der Waals surface area contributed by atoms with Crippen molar-refractivity contribution in [1.82, 2.24) is 5.32 Å². The van der Waals surface area contributed by atoms with Crippen LogP contribution >= 0.6 is 11.8 Å². The van der Waals surface area contributed by atoms with Crippen LogP contribution in [0.5, 0.6) is 0 Å². The standard InChI is InChI=1S/C9H19NO2S/c1-5-13-6-7(2)10-9(11)8(3)12-4/h7-8H,5-6H2,1-4H3,(H,10,11). The third-order valence-electron chi connectivity index (χ3n) is 1.68. The molecule has 0 aromatic rings. The number of thioether (sulfide) groups is 1. The van der Waals surface area contributed by atoms with E-state index in [0.29, 0.717) is 0 Å². The number of hydrogen-bond acceptors (Lipinski definition) is 3. The van der Waals surface area contributed by atoms with Crippen LogP contribution in [-0.4, -0.2) is 36.7 Å². The highest BCUT2D eigenvalue weighted by atomic mass is 32.2. The van der Waals surface area contributed by atoms with Crippen LogP contribution in [0.3, 0.4) is 0 Å². The Balaban J connectivity index is 3.64. The molecule has 0 radical (unpaired) electrons. The number of ether oxygens (including phenoxy) is 1. The molecule has 0 aromatic carbocycles. The highest BCUT2D eigenvalue weighted by Gasteiger charge is 2.13. The molecule has 2 unspecified atom stereocenters. The van der Waals surface area contributed by atoms with E-state index in [-0.39, 0.29) is 18.1 Å². The van der Waals surface area contributed by atoms with E-state index in [1.54, 1.807) is 6.92 Å². The first-order valence-electron chi connectivity index (χ1n) is 4.52. The molecule has 78 valence electrons. The highest BCUT2D eigenvalue weighted by Crippen LogP contribution is 2.01. The second-order valence-corrected chi connectivity index (χ2v) is 4.27.